The van der Waals surface area contributed by atoms with Gasteiger partial charge in [-0.3, -0.25) is 10.1 Å². The minimum absolute atomic E-state index is 0.125. The molecule has 0 spiro atoms. The Kier molecular flexibility index (Phi) is 5.65. The van der Waals surface area contributed by atoms with E-state index < -0.39 is 0 Å². The number of nitrogens with zero attached hydrogens (tertiary/aromatic N) is 1. The summed E-state index contributed by atoms with van der Waals surface area (Å²) in [5.41, 5.74) is 0.125. The van der Waals surface area contributed by atoms with E-state index in [1.54, 1.807) is 23.9 Å². The average Bonchev–Trinajstić information content (AvgIpc) is 2.36. The molecule has 18 heavy (non-hydrogen) atoms. The van der Waals surface area contributed by atoms with Gasteiger partial charge in [0.05, 0.1) is 4.92 Å². The van der Waals surface area contributed by atoms with Crippen LogP contribution in [-0.2, 0) is 0 Å². The van der Waals surface area contributed by atoms with Gasteiger partial charge in [-0.25, -0.2) is 0 Å². The lowest BCUT2D eigenvalue weighted by molar-refractivity contribution is -0.384. The van der Waals surface area contributed by atoms with Crippen molar-refractivity contribution in [3.63, 3.8) is 0 Å². The molecule has 0 amide bonds. The van der Waals surface area contributed by atoms with Crippen LogP contribution in [0.5, 0.6) is 0 Å². The number of nitro benzene ring substituents is 1. The van der Waals surface area contributed by atoms with E-state index in [1.165, 1.54) is 17.0 Å². The van der Waals surface area contributed by atoms with Crippen molar-refractivity contribution in [3.05, 3.63) is 58.0 Å². The fraction of sp³-hybridized carbons (Fsp3) is 0.286. The van der Waals surface area contributed by atoms with Gasteiger partial charge >= 0.3 is 0 Å². The van der Waals surface area contributed by atoms with Crippen LogP contribution in [0.3, 0.4) is 0 Å². The van der Waals surface area contributed by atoms with Gasteiger partial charge < -0.3 is 0 Å². The summed E-state index contributed by atoms with van der Waals surface area (Å²) in [5.74, 6) is 0.424. The number of hydrogen-bond donors (Lipinski definition) is 0. The number of benzene rings is 1. The normalized spacial score (nSPS) is 13.1. The van der Waals surface area contributed by atoms with Crippen LogP contribution in [-0.4, -0.2) is 4.92 Å². The second-order valence-electron chi connectivity index (χ2n) is 3.97. The third kappa shape index (κ3) is 4.04. The largest absolute Gasteiger partial charge is 0.269 e. The molecule has 1 atom stereocenters. The van der Waals surface area contributed by atoms with Gasteiger partial charge in [-0.05, 0) is 36.3 Å². The Labute approximate surface area is 112 Å². The van der Waals surface area contributed by atoms with Gasteiger partial charge in [-0.2, -0.15) is 0 Å². The van der Waals surface area contributed by atoms with Crippen molar-refractivity contribution in [2.45, 2.75) is 25.2 Å². The van der Waals surface area contributed by atoms with Gasteiger partial charge in [0.2, 0.25) is 0 Å². The number of hydrogen-bond acceptors (Lipinski definition) is 3. The summed E-state index contributed by atoms with van der Waals surface area (Å²) in [5, 5.41) is 10.6. The maximum Gasteiger partial charge on any atom is 0.269 e. The van der Waals surface area contributed by atoms with Crippen LogP contribution in [0.15, 0.2) is 52.8 Å². The van der Waals surface area contributed by atoms with Crippen LogP contribution in [0.4, 0.5) is 5.69 Å². The SMILES string of the molecule is C=CCC(C)/C(=C\C)Sc1ccc([N+](=O)[O-])cc1. The molecule has 3 nitrogen and oxygen atoms in total. The molecule has 0 fully saturated rings. The van der Waals surface area contributed by atoms with E-state index in [-0.39, 0.29) is 10.6 Å². The minimum atomic E-state index is -0.384. The van der Waals surface area contributed by atoms with Crippen molar-refractivity contribution >= 4 is 17.4 Å². The molecule has 1 unspecified atom stereocenters. The van der Waals surface area contributed by atoms with E-state index in [0.717, 1.165) is 11.3 Å². The van der Waals surface area contributed by atoms with Crippen molar-refractivity contribution in [1.82, 2.24) is 0 Å². The van der Waals surface area contributed by atoms with Gasteiger partial charge in [0.15, 0.2) is 0 Å². The van der Waals surface area contributed by atoms with Crippen LogP contribution < -0.4 is 0 Å². The first-order valence-electron chi connectivity index (χ1n) is 5.78. The Morgan fingerprint density at radius 1 is 1.50 bits per heavy atom. The molecule has 1 rings (SSSR count). The highest BCUT2D eigenvalue weighted by molar-refractivity contribution is 8.03. The quantitative estimate of drug-likeness (QED) is 0.320. The highest BCUT2D eigenvalue weighted by Crippen LogP contribution is 2.34. The Morgan fingerprint density at radius 3 is 2.56 bits per heavy atom. The van der Waals surface area contributed by atoms with E-state index in [9.17, 15) is 10.1 Å². The Morgan fingerprint density at radius 2 is 2.11 bits per heavy atom. The summed E-state index contributed by atoms with van der Waals surface area (Å²) >= 11 is 1.65. The first kappa shape index (κ1) is 14.5. The van der Waals surface area contributed by atoms with E-state index in [1.807, 2.05) is 13.0 Å². The summed E-state index contributed by atoms with van der Waals surface area (Å²) < 4.78 is 0. The van der Waals surface area contributed by atoms with Crippen LogP contribution in [0, 0.1) is 16.0 Å². The molecule has 4 heteroatoms. The molecule has 0 aromatic heterocycles. The highest BCUT2D eigenvalue weighted by atomic mass is 32.2. The van der Waals surface area contributed by atoms with Crippen LogP contribution in [0.2, 0.25) is 0 Å². The van der Waals surface area contributed by atoms with Crippen molar-refractivity contribution in [3.8, 4) is 0 Å². The number of rotatable bonds is 6. The molecule has 0 N–H and O–H groups in total. The molecule has 1 aromatic rings. The topological polar surface area (TPSA) is 43.1 Å². The summed E-state index contributed by atoms with van der Waals surface area (Å²) in [4.78, 5) is 12.4. The summed E-state index contributed by atoms with van der Waals surface area (Å²) in [6.07, 6.45) is 4.92. The van der Waals surface area contributed by atoms with Gasteiger partial charge in [0.25, 0.3) is 5.69 Å². The van der Waals surface area contributed by atoms with E-state index in [2.05, 4.69) is 19.6 Å². The smallest absolute Gasteiger partial charge is 0.258 e. The lowest BCUT2D eigenvalue weighted by atomic mass is 10.1. The Balaban J connectivity index is 2.77. The fourth-order valence-electron chi connectivity index (χ4n) is 1.58. The van der Waals surface area contributed by atoms with Crippen molar-refractivity contribution in [1.29, 1.82) is 0 Å². The van der Waals surface area contributed by atoms with Crippen LogP contribution >= 0.6 is 11.8 Å². The molecule has 0 saturated carbocycles. The first-order valence-corrected chi connectivity index (χ1v) is 6.59. The van der Waals surface area contributed by atoms with Crippen LogP contribution in [0.25, 0.3) is 0 Å². The fourth-order valence-corrected chi connectivity index (χ4v) is 2.54. The second kappa shape index (κ2) is 7.01. The third-order valence-electron chi connectivity index (χ3n) is 2.57. The Hall–Kier alpha value is -1.55. The van der Waals surface area contributed by atoms with Gasteiger partial charge in [0, 0.05) is 17.0 Å². The molecule has 1 aromatic carbocycles. The zero-order chi connectivity index (χ0) is 13.5. The van der Waals surface area contributed by atoms with E-state index in [0.29, 0.717) is 5.92 Å². The lowest BCUT2D eigenvalue weighted by Gasteiger charge is -2.13. The van der Waals surface area contributed by atoms with Crippen LogP contribution in [0.1, 0.15) is 20.3 Å². The van der Waals surface area contributed by atoms with E-state index >= 15 is 0 Å². The second-order valence-corrected chi connectivity index (χ2v) is 5.12. The molecular weight excluding hydrogens is 246 g/mol. The molecular formula is C14H17NO2S. The van der Waals surface area contributed by atoms with Gasteiger partial charge in [-0.15, -0.1) is 6.58 Å². The lowest BCUT2D eigenvalue weighted by Crippen LogP contribution is -1.94. The molecule has 0 heterocycles. The molecule has 0 aliphatic heterocycles. The zero-order valence-electron chi connectivity index (χ0n) is 10.6. The standard InChI is InChI=1S/C14H17NO2S/c1-4-6-11(3)14(5-2)18-13-9-7-12(8-10-13)15(16)17/h4-5,7-11H,1,6H2,2-3H3/b14-5+. The predicted molar refractivity (Wildman–Crippen MR) is 76.7 cm³/mol. The maximum atomic E-state index is 10.6. The van der Waals surface area contributed by atoms with Gasteiger partial charge in [-0.1, -0.05) is 30.8 Å². The molecule has 0 aliphatic carbocycles. The van der Waals surface area contributed by atoms with Crippen molar-refractivity contribution < 1.29 is 4.92 Å². The molecule has 0 saturated heterocycles. The molecule has 0 radical (unpaired) electrons. The number of allylic oxidation sites excluding steroid dienone is 3. The number of thioether (sulfide) groups is 1. The van der Waals surface area contributed by atoms with E-state index in [4.69, 9.17) is 0 Å². The van der Waals surface area contributed by atoms with Gasteiger partial charge in [0.1, 0.15) is 0 Å². The van der Waals surface area contributed by atoms with Crippen molar-refractivity contribution in [2.24, 2.45) is 5.92 Å². The minimum Gasteiger partial charge on any atom is -0.258 e. The van der Waals surface area contributed by atoms with Crippen molar-refractivity contribution in [2.75, 3.05) is 0 Å². The zero-order valence-corrected chi connectivity index (χ0v) is 11.4. The third-order valence-corrected chi connectivity index (χ3v) is 3.96. The predicted octanol–water partition coefficient (Wildman–Crippen LogP) is 4.80. The molecule has 96 valence electrons. The highest BCUT2D eigenvalue weighted by Gasteiger charge is 2.10. The first-order chi connectivity index (χ1) is 8.58. The Bertz CT molecular complexity index is 451. The molecule has 0 aliphatic rings. The maximum absolute atomic E-state index is 10.6. The monoisotopic (exact) mass is 263 g/mol. The summed E-state index contributed by atoms with van der Waals surface area (Å²) in [6, 6.07) is 6.64. The average molecular weight is 263 g/mol. The summed E-state index contributed by atoms with van der Waals surface area (Å²) in [7, 11) is 0. The number of nitro groups is 1. The number of non-ortho nitro benzene ring substituents is 1. The summed E-state index contributed by atoms with van der Waals surface area (Å²) in [6.45, 7) is 7.90. The molecule has 0 bridgehead atoms.